The molecule has 0 aliphatic carbocycles. The second-order valence-corrected chi connectivity index (χ2v) is 6.89. The Kier molecular flexibility index (Phi) is 7.41. The van der Waals surface area contributed by atoms with Crippen LogP contribution in [0.2, 0.25) is 0 Å². The maximum absolute atomic E-state index is 12.7. The first-order valence-corrected chi connectivity index (χ1v) is 8.31. The third-order valence-electron chi connectivity index (χ3n) is 3.64. The number of aliphatic carboxylic acids is 1. The van der Waals surface area contributed by atoms with E-state index in [-0.39, 0.29) is 18.0 Å². The van der Waals surface area contributed by atoms with Gasteiger partial charge in [0.2, 0.25) is 0 Å². The van der Waals surface area contributed by atoms with Crippen molar-refractivity contribution in [1.82, 2.24) is 14.7 Å². The van der Waals surface area contributed by atoms with Crippen molar-refractivity contribution in [2.75, 3.05) is 26.3 Å². The minimum atomic E-state index is -0.914. The van der Waals surface area contributed by atoms with Gasteiger partial charge in [0.1, 0.15) is 0 Å². The van der Waals surface area contributed by atoms with Crippen LogP contribution in [0.25, 0.3) is 0 Å². The topological polar surface area (TPSA) is 84.7 Å². The molecule has 1 heterocycles. The molecule has 1 atom stereocenters. The van der Waals surface area contributed by atoms with Gasteiger partial charge in [0.15, 0.2) is 0 Å². The van der Waals surface area contributed by atoms with Gasteiger partial charge in [0.25, 0.3) is 5.91 Å². The number of carboxylic acid groups (broad SMARTS) is 1. The van der Waals surface area contributed by atoms with Crippen molar-refractivity contribution in [2.45, 2.75) is 46.6 Å². The van der Waals surface area contributed by atoms with Gasteiger partial charge in [-0.15, -0.1) is 0 Å². The molecule has 0 saturated heterocycles. The number of hydrogen-bond donors (Lipinski definition) is 1. The van der Waals surface area contributed by atoms with Gasteiger partial charge in [-0.25, -0.2) is 0 Å². The van der Waals surface area contributed by atoms with E-state index in [0.29, 0.717) is 31.7 Å². The fourth-order valence-corrected chi connectivity index (χ4v) is 2.17. The largest absolute Gasteiger partial charge is 0.481 e. The zero-order chi connectivity index (χ0) is 18.3. The first-order valence-electron chi connectivity index (χ1n) is 8.31. The maximum Gasteiger partial charge on any atom is 0.308 e. The Morgan fingerprint density at radius 2 is 2.08 bits per heavy atom. The van der Waals surface area contributed by atoms with Gasteiger partial charge in [-0.2, -0.15) is 5.10 Å². The van der Waals surface area contributed by atoms with E-state index < -0.39 is 11.9 Å². The van der Waals surface area contributed by atoms with Crippen LogP contribution in [0, 0.1) is 5.92 Å². The molecular formula is C17H29N3O4. The average molecular weight is 339 g/mol. The highest BCUT2D eigenvalue weighted by Gasteiger charge is 2.24. The average Bonchev–Trinajstić information content (AvgIpc) is 2.99. The van der Waals surface area contributed by atoms with E-state index in [0.717, 1.165) is 0 Å². The fourth-order valence-electron chi connectivity index (χ4n) is 2.17. The van der Waals surface area contributed by atoms with Crippen molar-refractivity contribution in [3.63, 3.8) is 0 Å². The maximum atomic E-state index is 12.7. The Labute approximate surface area is 143 Å². The molecule has 0 bridgehead atoms. The normalized spacial score (nSPS) is 12.9. The van der Waals surface area contributed by atoms with Gasteiger partial charge < -0.3 is 14.7 Å². The molecule has 1 N–H and O–H groups in total. The Bertz CT molecular complexity index is 548. The molecule has 7 nitrogen and oxygen atoms in total. The first-order chi connectivity index (χ1) is 11.2. The molecule has 0 aliphatic heterocycles. The minimum Gasteiger partial charge on any atom is -0.481 e. The molecule has 1 aromatic rings. The zero-order valence-electron chi connectivity index (χ0n) is 15.3. The van der Waals surface area contributed by atoms with E-state index in [2.05, 4.69) is 5.10 Å². The number of hydrogen-bond acceptors (Lipinski definition) is 4. The Balaban J connectivity index is 2.85. The van der Waals surface area contributed by atoms with Crippen LogP contribution in [-0.4, -0.2) is 58.0 Å². The number of nitrogens with zero attached hydrogens (tertiary/aromatic N) is 3. The lowest BCUT2D eigenvalue weighted by atomic mass is 10.1. The molecule has 0 radical (unpaired) electrons. The fraction of sp³-hybridized carbons (Fsp3) is 0.706. The van der Waals surface area contributed by atoms with Gasteiger partial charge in [0.05, 0.1) is 23.2 Å². The third-order valence-corrected chi connectivity index (χ3v) is 3.64. The van der Waals surface area contributed by atoms with Crippen LogP contribution in [-0.2, 0) is 15.1 Å². The summed E-state index contributed by atoms with van der Waals surface area (Å²) >= 11 is 0. The monoisotopic (exact) mass is 339 g/mol. The van der Waals surface area contributed by atoms with Gasteiger partial charge in [-0.05, 0) is 34.1 Å². The predicted molar refractivity (Wildman–Crippen MR) is 91.0 cm³/mol. The number of carbonyl (C=O) groups is 2. The summed E-state index contributed by atoms with van der Waals surface area (Å²) in [6.07, 6.45) is 3.91. The molecule has 0 aliphatic rings. The van der Waals surface area contributed by atoms with Crippen molar-refractivity contribution in [3.05, 3.63) is 18.0 Å². The molecule has 0 saturated carbocycles. The summed E-state index contributed by atoms with van der Waals surface area (Å²) in [5.74, 6) is -1.74. The number of rotatable bonds is 9. The summed E-state index contributed by atoms with van der Waals surface area (Å²) in [4.78, 5) is 25.4. The molecule has 1 aromatic heterocycles. The van der Waals surface area contributed by atoms with Crippen LogP contribution in [0.4, 0.5) is 0 Å². The Hall–Kier alpha value is -1.89. The van der Waals surface area contributed by atoms with Gasteiger partial charge in [-0.1, -0.05) is 6.92 Å². The van der Waals surface area contributed by atoms with Crippen molar-refractivity contribution in [1.29, 1.82) is 0 Å². The summed E-state index contributed by atoms with van der Waals surface area (Å²) < 4.78 is 7.04. The zero-order valence-corrected chi connectivity index (χ0v) is 15.3. The lowest BCUT2D eigenvalue weighted by Crippen LogP contribution is -2.38. The second kappa shape index (κ2) is 8.82. The van der Waals surface area contributed by atoms with Crippen LogP contribution in [0.3, 0.4) is 0 Å². The van der Waals surface area contributed by atoms with E-state index in [1.807, 2.05) is 27.7 Å². The van der Waals surface area contributed by atoms with Crippen LogP contribution in [0.15, 0.2) is 12.4 Å². The van der Waals surface area contributed by atoms with Crippen molar-refractivity contribution < 1.29 is 19.4 Å². The van der Waals surface area contributed by atoms with E-state index in [1.165, 1.54) is 6.20 Å². The number of carboxylic acids is 1. The molecule has 1 amide bonds. The van der Waals surface area contributed by atoms with E-state index >= 15 is 0 Å². The lowest BCUT2D eigenvalue weighted by Gasteiger charge is -2.24. The van der Waals surface area contributed by atoms with Gasteiger partial charge in [-0.3, -0.25) is 14.3 Å². The first kappa shape index (κ1) is 20.2. The van der Waals surface area contributed by atoms with Crippen LogP contribution < -0.4 is 0 Å². The smallest absolute Gasteiger partial charge is 0.308 e. The highest BCUT2D eigenvalue weighted by atomic mass is 16.5. The molecule has 0 fully saturated rings. The quantitative estimate of drug-likeness (QED) is 0.697. The lowest BCUT2D eigenvalue weighted by molar-refractivity contribution is -0.141. The molecule has 1 unspecified atom stereocenters. The highest BCUT2D eigenvalue weighted by molar-refractivity contribution is 5.94. The standard InChI is InChI=1S/C17H29N3O4/c1-6-24-9-7-8-19(11-13(2)16(22)23)15(21)14-10-18-20(12-14)17(3,4)5/h10,12-13H,6-9,11H2,1-5H3,(H,22,23). The van der Waals surface area contributed by atoms with Gasteiger partial charge >= 0.3 is 5.97 Å². The van der Waals surface area contributed by atoms with Crippen molar-refractivity contribution >= 4 is 11.9 Å². The van der Waals surface area contributed by atoms with Crippen LogP contribution in [0.1, 0.15) is 51.4 Å². The highest BCUT2D eigenvalue weighted by Crippen LogP contribution is 2.15. The molecule has 0 spiro atoms. The summed E-state index contributed by atoms with van der Waals surface area (Å²) in [5.41, 5.74) is 0.256. The summed E-state index contributed by atoms with van der Waals surface area (Å²) in [5, 5.41) is 13.4. The molecule has 1 rings (SSSR count). The van der Waals surface area contributed by atoms with Crippen molar-refractivity contribution in [3.8, 4) is 0 Å². The number of amides is 1. The van der Waals surface area contributed by atoms with Crippen LogP contribution >= 0.6 is 0 Å². The third kappa shape index (κ3) is 5.96. The summed E-state index contributed by atoms with van der Waals surface area (Å²) in [7, 11) is 0. The number of carbonyl (C=O) groups excluding carboxylic acids is 1. The molecular weight excluding hydrogens is 310 g/mol. The Morgan fingerprint density at radius 3 is 2.58 bits per heavy atom. The number of ether oxygens (including phenoxy) is 1. The summed E-state index contributed by atoms with van der Waals surface area (Å²) in [6.45, 7) is 11.3. The molecule has 7 heteroatoms. The van der Waals surface area contributed by atoms with Gasteiger partial charge in [0, 0.05) is 32.5 Å². The van der Waals surface area contributed by atoms with Crippen LogP contribution in [0.5, 0.6) is 0 Å². The van der Waals surface area contributed by atoms with Crippen molar-refractivity contribution in [2.24, 2.45) is 5.92 Å². The molecule has 24 heavy (non-hydrogen) atoms. The van der Waals surface area contributed by atoms with E-state index in [4.69, 9.17) is 9.84 Å². The second-order valence-electron chi connectivity index (χ2n) is 6.89. The number of aromatic nitrogens is 2. The molecule has 136 valence electrons. The minimum absolute atomic E-state index is 0.168. The predicted octanol–water partition coefficient (Wildman–Crippen LogP) is 2.23. The van der Waals surface area contributed by atoms with E-state index in [9.17, 15) is 9.59 Å². The van der Waals surface area contributed by atoms with E-state index in [1.54, 1.807) is 22.7 Å². The Morgan fingerprint density at radius 1 is 1.42 bits per heavy atom. The SMILES string of the molecule is CCOCCCN(CC(C)C(=O)O)C(=O)c1cnn(C(C)(C)C)c1. The summed E-state index contributed by atoms with van der Waals surface area (Å²) in [6, 6.07) is 0. The molecule has 0 aromatic carbocycles.